The highest BCUT2D eigenvalue weighted by atomic mass is 19.4. The Bertz CT molecular complexity index is 849. The summed E-state index contributed by atoms with van der Waals surface area (Å²) < 4.78 is 38.1. The number of allylic oxidation sites excluding steroid dienone is 1. The van der Waals surface area contributed by atoms with E-state index in [1.807, 2.05) is 12.1 Å². The third-order valence-corrected chi connectivity index (χ3v) is 4.34. The zero-order chi connectivity index (χ0) is 17.8. The lowest BCUT2D eigenvalue weighted by atomic mass is 10.0. The Morgan fingerprint density at radius 3 is 2.28 bits per heavy atom. The molecule has 1 N–H and O–H groups in total. The second-order valence-electron chi connectivity index (χ2n) is 5.82. The minimum atomic E-state index is -4.46. The van der Waals surface area contributed by atoms with Crippen molar-refractivity contribution in [1.29, 1.82) is 0 Å². The number of benzene rings is 2. The standard InChI is InChI=1S/C17H14F3N3O2/c18-17(19,20)12-6-8-13(9-7-12)21-16(24)15-10-5-11-3-1-2-4-14(11)22(15)23(21)25/h1-4,6-9,24-25H,5,10H2/p-1. The highest BCUT2D eigenvalue weighted by Gasteiger charge is 2.37. The predicted octanol–water partition coefficient (Wildman–Crippen LogP) is 3.03. The van der Waals surface area contributed by atoms with Crippen molar-refractivity contribution in [3.8, 4) is 0 Å². The van der Waals surface area contributed by atoms with Crippen LogP contribution in [0.25, 0.3) is 0 Å². The number of halogens is 3. The second-order valence-corrected chi connectivity index (χ2v) is 5.82. The Hall–Kier alpha value is -2.71. The largest absolute Gasteiger partial charge is 0.858 e. The first-order chi connectivity index (χ1) is 11.9. The first-order valence-electron chi connectivity index (χ1n) is 7.62. The van der Waals surface area contributed by atoms with Crippen LogP contribution in [-0.4, -0.2) is 10.5 Å². The molecule has 0 aliphatic carbocycles. The van der Waals surface area contributed by atoms with Gasteiger partial charge in [-0.3, -0.25) is 5.21 Å². The van der Waals surface area contributed by atoms with Gasteiger partial charge in [-0.25, -0.2) is 10.0 Å². The van der Waals surface area contributed by atoms with Gasteiger partial charge < -0.3 is 5.11 Å². The highest BCUT2D eigenvalue weighted by Crippen LogP contribution is 2.41. The maximum absolute atomic E-state index is 12.7. The fourth-order valence-corrected chi connectivity index (χ4v) is 3.14. The number of alkyl halides is 3. The molecule has 2 aromatic carbocycles. The van der Waals surface area contributed by atoms with Gasteiger partial charge in [0.25, 0.3) is 0 Å². The molecule has 0 unspecified atom stereocenters. The second kappa shape index (κ2) is 5.40. The van der Waals surface area contributed by atoms with Gasteiger partial charge in [-0.15, -0.1) is 0 Å². The van der Waals surface area contributed by atoms with E-state index in [1.165, 1.54) is 5.01 Å². The quantitative estimate of drug-likeness (QED) is 0.859. The summed E-state index contributed by atoms with van der Waals surface area (Å²) in [6.07, 6.45) is -3.37. The van der Waals surface area contributed by atoms with Gasteiger partial charge in [0.1, 0.15) is 0 Å². The summed E-state index contributed by atoms with van der Waals surface area (Å²) in [5, 5.41) is 26.2. The van der Waals surface area contributed by atoms with Crippen molar-refractivity contribution in [3.63, 3.8) is 0 Å². The van der Waals surface area contributed by atoms with Crippen molar-refractivity contribution in [3.05, 3.63) is 71.2 Å². The highest BCUT2D eigenvalue weighted by molar-refractivity contribution is 5.65. The van der Waals surface area contributed by atoms with Crippen molar-refractivity contribution in [2.75, 3.05) is 10.0 Å². The Morgan fingerprint density at radius 2 is 1.60 bits per heavy atom. The topological polar surface area (TPSA) is 53.0 Å². The number of nitrogens with zero attached hydrogens (tertiary/aromatic N) is 3. The van der Waals surface area contributed by atoms with E-state index in [-0.39, 0.29) is 5.69 Å². The number of hydrogen-bond donors (Lipinski definition) is 1. The molecule has 130 valence electrons. The van der Waals surface area contributed by atoms with Crippen LogP contribution in [0, 0.1) is 0 Å². The number of hydrazine groups is 2. The monoisotopic (exact) mass is 348 g/mol. The minimum absolute atomic E-state index is 0.153. The molecule has 0 spiro atoms. The van der Waals surface area contributed by atoms with Crippen LogP contribution in [0.4, 0.5) is 24.5 Å². The number of rotatable bonds is 1. The number of aryl methyl sites for hydroxylation is 1. The van der Waals surface area contributed by atoms with E-state index in [1.54, 1.807) is 12.1 Å². The van der Waals surface area contributed by atoms with E-state index < -0.39 is 17.6 Å². The van der Waals surface area contributed by atoms with E-state index in [4.69, 9.17) is 0 Å². The molecule has 0 saturated carbocycles. The van der Waals surface area contributed by atoms with Gasteiger partial charge in [-0.1, -0.05) is 18.2 Å². The van der Waals surface area contributed by atoms with Crippen LogP contribution in [0.2, 0.25) is 0 Å². The lowest BCUT2D eigenvalue weighted by Gasteiger charge is -2.35. The van der Waals surface area contributed by atoms with E-state index in [2.05, 4.69) is 0 Å². The molecule has 0 amide bonds. The maximum Gasteiger partial charge on any atom is 0.416 e. The van der Waals surface area contributed by atoms with Crippen LogP contribution in [0.3, 0.4) is 0 Å². The molecule has 5 nitrogen and oxygen atoms in total. The summed E-state index contributed by atoms with van der Waals surface area (Å²) >= 11 is 0. The van der Waals surface area contributed by atoms with Gasteiger partial charge in [0.15, 0.2) is 0 Å². The van der Waals surface area contributed by atoms with Gasteiger partial charge in [0.05, 0.1) is 22.6 Å². The average Bonchev–Trinajstić information content (AvgIpc) is 2.85. The summed E-state index contributed by atoms with van der Waals surface area (Å²) in [6.45, 7) is 0. The molecular formula is C17H13F3N3O2-. The van der Waals surface area contributed by atoms with E-state index in [9.17, 15) is 23.5 Å². The van der Waals surface area contributed by atoms with E-state index in [0.717, 1.165) is 34.8 Å². The van der Waals surface area contributed by atoms with Crippen molar-refractivity contribution in [1.82, 2.24) is 5.28 Å². The predicted molar refractivity (Wildman–Crippen MR) is 81.8 cm³/mol. The first kappa shape index (κ1) is 15.8. The zero-order valence-corrected chi connectivity index (χ0v) is 12.9. The van der Waals surface area contributed by atoms with Crippen molar-refractivity contribution < 1.29 is 23.5 Å². The lowest BCUT2D eigenvalue weighted by molar-refractivity contribution is -0.314. The third kappa shape index (κ3) is 2.41. The van der Waals surface area contributed by atoms with Crippen molar-refractivity contribution >= 4 is 11.4 Å². The molecule has 8 heteroatoms. The normalized spacial score (nSPS) is 17.8. The Balaban J connectivity index is 1.73. The van der Waals surface area contributed by atoms with Crippen LogP contribution < -0.4 is 15.1 Å². The van der Waals surface area contributed by atoms with Gasteiger partial charge in [0.2, 0.25) is 0 Å². The van der Waals surface area contributed by atoms with Crippen LogP contribution >= 0.6 is 0 Å². The Morgan fingerprint density at radius 1 is 0.920 bits per heavy atom. The lowest BCUT2D eigenvalue weighted by Crippen LogP contribution is -2.46. The summed E-state index contributed by atoms with van der Waals surface area (Å²) in [6, 6.07) is 11.4. The third-order valence-electron chi connectivity index (χ3n) is 4.34. The zero-order valence-electron chi connectivity index (χ0n) is 12.9. The first-order valence-corrected chi connectivity index (χ1v) is 7.62. The molecular weight excluding hydrogens is 335 g/mol. The molecule has 2 aromatic rings. The van der Waals surface area contributed by atoms with Crippen LogP contribution in [0.5, 0.6) is 0 Å². The molecule has 0 aromatic heterocycles. The van der Waals surface area contributed by atoms with Gasteiger partial charge in [-0.05, 0) is 48.7 Å². The van der Waals surface area contributed by atoms with Gasteiger partial charge in [0, 0.05) is 11.2 Å². The van der Waals surface area contributed by atoms with E-state index >= 15 is 0 Å². The van der Waals surface area contributed by atoms with Crippen molar-refractivity contribution in [2.24, 2.45) is 0 Å². The maximum atomic E-state index is 12.7. The molecule has 0 bridgehead atoms. The molecule has 25 heavy (non-hydrogen) atoms. The van der Waals surface area contributed by atoms with Crippen LogP contribution in [0.15, 0.2) is 60.1 Å². The molecule has 2 aliphatic rings. The van der Waals surface area contributed by atoms with Crippen LogP contribution in [-0.2, 0) is 12.6 Å². The van der Waals surface area contributed by atoms with Crippen LogP contribution in [0.1, 0.15) is 17.5 Å². The minimum Gasteiger partial charge on any atom is -0.858 e. The average molecular weight is 348 g/mol. The van der Waals surface area contributed by atoms with Crippen molar-refractivity contribution in [2.45, 2.75) is 19.0 Å². The van der Waals surface area contributed by atoms with E-state index in [0.29, 0.717) is 29.5 Å². The molecule has 2 heterocycles. The fraction of sp³-hybridized carbons (Fsp3) is 0.176. The Kier molecular flexibility index (Phi) is 3.41. The smallest absolute Gasteiger partial charge is 0.416 e. The number of hydrogen-bond acceptors (Lipinski definition) is 5. The number of anilines is 2. The molecule has 0 atom stereocenters. The SMILES string of the molecule is [O-]C1=C2CCc3ccccc3N2N(O)N1c1ccc(C(F)(F)F)cc1. The number of fused-ring (bicyclic) bond motifs is 3. The summed E-state index contributed by atoms with van der Waals surface area (Å²) in [5.74, 6) is -0.461. The number of para-hydroxylation sites is 1. The summed E-state index contributed by atoms with van der Waals surface area (Å²) in [5.41, 5.74) is 1.37. The van der Waals surface area contributed by atoms with Gasteiger partial charge in [-0.2, -0.15) is 13.2 Å². The molecule has 0 radical (unpaired) electrons. The molecule has 0 fully saturated rings. The molecule has 0 saturated heterocycles. The molecule has 2 aliphatic heterocycles. The fourth-order valence-electron chi connectivity index (χ4n) is 3.14. The van der Waals surface area contributed by atoms with Gasteiger partial charge >= 0.3 is 6.18 Å². The summed E-state index contributed by atoms with van der Waals surface area (Å²) in [4.78, 5) is 0. The molecule has 4 rings (SSSR count). The Labute approximate surface area is 141 Å². The summed E-state index contributed by atoms with van der Waals surface area (Å²) in [7, 11) is 0.